The fourth-order valence-corrected chi connectivity index (χ4v) is 6.52. The van der Waals surface area contributed by atoms with E-state index in [-0.39, 0.29) is 5.92 Å². The number of amides is 1. The lowest BCUT2D eigenvalue weighted by Gasteiger charge is -2.14. The van der Waals surface area contributed by atoms with E-state index in [1.165, 1.54) is 54.4 Å². The van der Waals surface area contributed by atoms with Crippen molar-refractivity contribution in [2.24, 2.45) is 0 Å². The Bertz CT molecular complexity index is 1290. The summed E-state index contributed by atoms with van der Waals surface area (Å²) in [6.07, 6.45) is 7.92. The Labute approximate surface area is 377 Å². The third kappa shape index (κ3) is 28.7. The van der Waals surface area contributed by atoms with Gasteiger partial charge in [-0.1, -0.05) is 87.6 Å². The lowest BCUT2D eigenvalue weighted by atomic mass is 9.98. The van der Waals surface area contributed by atoms with Crippen molar-refractivity contribution >= 4 is 6.09 Å². The highest BCUT2D eigenvalue weighted by Crippen LogP contribution is 2.44. The van der Waals surface area contributed by atoms with Crippen molar-refractivity contribution in [2.75, 3.05) is 172 Å². The molecule has 0 unspecified atom stereocenters. The zero-order valence-electron chi connectivity index (χ0n) is 38.2. The minimum absolute atomic E-state index is 0.0483. The van der Waals surface area contributed by atoms with Crippen LogP contribution in [0.3, 0.4) is 0 Å². The van der Waals surface area contributed by atoms with Crippen molar-refractivity contribution in [3.05, 3.63) is 59.7 Å². The van der Waals surface area contributed by atoms with E-state index in [0.29, 0.717) is 172 Å². The molecule has 0 heterocycles. The van der Waals surface area contributed by atoms with Crippen LogP contribution < -0.4 is 5.32 Å². The summed E-state index contributed by atoms with van der Waals surface area (Å²) in [6, 6.07) is 16.6. The molecule has 1 amide bonds. The van der Waals surface area contributed by atoms with Crippen LogP contribution in [0.4, 0.5) is 4.79 Å². The third-order valence-electron chi connectivity index (χ3n) is 9.81. The molecule has 0 fully saturated rings. The van der Waals surface area contributed by atoms with E-state index in [4.69, 9.17) is 61.6 Å². The first-order chi connectivity index (χ1) is 31.3. The zero-order chi connectivity index (χ0) is 44.4. The molecule has 2 aromatic rings. The fraction of sp³-hybridized carbons (Fsp3) is 0.729. The molecule has 0 aromatic heterocycles. The standard InChI is InChI=1S/C48H79NO14/c1-2-3-4-5-6-11-18-51-20-22-53-24-26-55-28-30-57-32-34-59-36-38-61-40-41-62-39-37-60-35-33-58-31-29-56-27-25-54-23-21-52-19-12-17-49-48(50)63-42-47-45-15-9-7-13-43(45)44-14-8-10-16-46(44)47/h7-10,13-16,47H,2-6,11-12,17-42H2,1H3,(H,49,50). The second-order valence-corrected chi connectivity index (χ2v) is 14.7. The average molecular weight is 894 g/mol. The van der Waals surface area contributed by atoms with Crippen LogP contribution in [-0.2, 0) is 61.6 Å². The molecule has 0 spiro atoms. The highest BCUT2D eigenvalue weighted by atomic mass is 16.6. The minimum Gasteiger partial charge on any atom is -0.449 e. The normalized spacial score (nSPS) is 12.2. The summed E-state index contributed by atoms with van der Waals surface area (Å²) < 4.78 is 72.0. The zero-order valence-corrected chi connectivity index (χ0v) is 38.2. The molecule has 0 saturated carbocycles. The first-order valence-electron chi connectivity index (χ1n) is 23.3. The van der Waals surface area contributed by atoms with Crippen LogP contribution in [0.25, 0.3) is 11.1 Å². The average Bonchev–Trinajstić information content (AvgIpc) is 3.63. The number of unbranched alkanes of at least 4 members (excludes halogenated alkanes) is 5. The molecule has 63 heavy (non-hydrogen) atoms. The topological polar surface area (TPSA) is 149 Å². The maximum atomic E-state index is 12.3. The molecule has 1 aliphatic carbocycles. The van der Waals surface area contributed by atoms with Crippen LogP contribution >= 0.6 is 0 Å². The predicted octanol–water partition coefficient (Wildman–Crippen LogP) is 6.47. The van der Waals surface area contributed by atoms with E-state index in [1.807, 2.05) is 24.3 Å². The molecule has 0 saturated heterocycles. The molecular formula is C48H79NO14. The van der Waals surface area contributed by atoms with Crippen molar-refractivity contribution in [2.45, 2.75) is 57.8 Å². The van der Waals surface area contributed by atoms with E-state index in [0.717, 1.165) is 13.0 Å². The van der Waals surface area contributed by atoms with Crippen molar-refractivity contribution in [3.63, 3.8) is 0 Å². The Morgan fingerprint density at radius 3 is 1.06 bits per heavy atom. The van der Waals surface area contributed by atoms with Gasteiger partial charge in [-0.05, 0) is 35.1 Å². The van der Waals surface area contributed by atoms with Crippen LogP contribution in [0.2, 0.25) is 0 Å². The van der Waals surface area contributed by atoms with Gasteiger partial charge in [-0.3, -0.25) is 0 Å². The van der Waals surface area contributed by atoms with Crippen LogP contribution in [0.1, 0.15) is 68.9 Å². The van der Waals surface area contributed by atoms with E-state index in [2.05, 4.69) is 36.5 Å². The molecule has 0 atom stereocenters. The molecule has 0 radical (unpaired) electrons. The minimum atomic E-state index is -0.415. The number of benzene rings is 2. The van der Waals surface area contributed by atoms with Gasteiger partial charge in [0.05, 0.1) is 145 Å². The summed E-state index contributed by atoms with van der Waals surface area (Å²) in [5.74, 6) is 0.0483. The number of hydrogen-bond donors (Lipinski definition) is 1. The molecule has 15 heteroatoms. The van der Waals surface area contributed by atoms with Gasteiger partial charge >= 0.3 is 6.09 Å². The van der Waals surface area contributed by atoms with Crippen LogP contribution in [-0.4, -0.2) is 178 Å². The highest BCUT2D eigenvalue weighted by Gasteiger charge is 2.29. The lowest BCUT2D eigenvalue weighted by Crippen LogP contribution is -2.27. The van der Waals surface area contributed by atoms with Gasteiger partial charge in [0.15, 0.2) is 0 Å². The largest absolute Gasteiger partial charge is 0.449 e. The summed E-state index contributed by atoms with van der Waals surface area (Å²) in [5.41, 5.74) is 4.81. The number of nitrogens with one attached hydrogen (secondary N) is 1. The van der Waals surface area contributed by atoms with Gasteiger partial charge in [-0.15, -0.1) is 0 Å². The van der Waals surface area contributed by atoms with Gasteiger partial charge in [0.1, 0.15) is 6.61 Å². The number of rotatable bonds is 46. The molecule has 0 bridgehead atoms. The summed E-state index contributed by atoms with van der Waals surface area (Å²) in [7, 11) is 0. The van der Waals surface area contributed by atoms with Gasteiger partial charge in [-0.25, -0.2) is 4.79 Å². The van der Waals surface area contributed by atoms with Crippen LogP contribution in [0.15, 0.2) is 48.5 Å². The second kappa shape index (κ2) is 40.7. The van der Waals surface area contributed by atoms with E-state index in [9.17, 15) is 4.79 Å². The maximum Gasteiger partial charge on any atom is 0.407 e. The molecule has 1 aliphatic rings. The van der Waals surface area contributed by atoms with E-state index in [1.54, 1.807) is 0 Å². The molecular weight excluding hydrogens is 815 g/mol. The number of hydrogen-bond acceptors (Lipinski definition) is 14. The maximum absolute atomic E-state index is 12.3. The lowest BCUT2D eigenvalue weighted by molar-refractivity contribution is -0.0283. The van der Waals surface area contributed by atoms with E-state index >= 15 is 0 Å². The Hall–Kier alpha value is -2.77. The quantitative estimate of drug-likeness (QED) is 0.0724. The molecule has 15 nitrogen and oxygen atoms in total. The number of carbonyl (C=O) groups excluding carboxylic acids is 1. The molecule has 2 aromatic carbocycles. The van der Waals surface area contributed by atoms with Gasteiger partial charge in [0.2, 0.25) is 0 Å². The number of alkyl carbamates (subject to hydrolysis) is 1. The van der Waals surface area contributed by atoms with Crippen molar-refractivity contribution in [3.8, 4) is 11.1 Å². The van der Waals surface area contributed by atoms with E-state index < -0.39 is 6.09 Å². The Balaban J connectivity index is 0.907. The molecule has 0 aliphatic heterocycles. The van der Waals surface area contributed by atoms with Gasteiger partial charge < -0.3 is 66.9 Å². The monoisotopic (exact) mass is 894 g/mol. The Morgan fingerprint density at radius 1 is 0.397 bits per heavy atom. The highest BCUT2D eigenvalue weighted by molar-refractivity contribution is 5.79. The summed E-state index contributed by atoms with van der Waals surface area (Å²) in [6.45, 7) is 15.7. The second-order valence-electron chi connectivity index (χ2n) is 14.7. The number of carbonyl (C=O) groups is 1. The SMILES string of the molecule is CCCCCCCCOCCOCCOCCOCCOCCOCCOCCOCCOCCOCCOCCOCCCNC(=O)OCC1c2ccccc2-c2ccccc21. The first-order valence-corrected chi connectivity index (χ1v) is 23.3. The van der Waals surface area contributed by atoms with Gasteiger partial charge in [-0.2, -0.15) is 0 Å². The van der Waals surface area contributed by atoms with Gasteiger partial charge in [0, 0.05) is 25.7 Å². The molecule has 360 valence electrons. The number of fused-ring (bicyclic) bond motifs is 3. The summed E-state index contributed by atoms with van der Waals surface area (Å²) in [5, 5.41) is 2.81. The first kappa shape index (κ1) is 54.6. The van der Waals surface area contributed by atoms with Gasteiger partial charge in [0.25, 0.3) is 0 Å². The molecule has 3 rings (SSSR count). The third-order valence-corrected chi connectivity index (χ3v) is 9.81. The molecule has 1 N–H and O–H groups in total. The van der Waals surface area contributed by atoms with Crippen molar-refractivity contribution in [1.29, 1.82) is 0 Å². The Kier molecular flexibility index (Phi) is 35.3. The van der Waals surface area contributed by atoms with Crippen LogP contribution in [0, 0.1) is 0 Å². The fourth-order valence-electron chi connectivity index (χ4n) is 6.52. The smallest absolute Gasteiger partial charge is 0.407 e. The van der Waals surface area contributed by atoms with Crippen LogP contribution in [0.5, 0.6) is 0 Å². The Morgan fingerprint density at radius 2 is 0.698 bits per heavy atom. The number of ether oxygens (including phenoxy) is 13. The summed E-state index contributed by atoms with van der Waals surface area (Å²) in [4.78, 5) is 12.3. The predicted molar refractivity (Wildman–Crippen MR) is 241 cm³/mol. The summed E-state index contributed by atoms with van der Waals surface area (Å²) >= 11 is 0. The van der Waals surface area contributed by atoms with Crippen molar-refractivity contribution < 1.29 is 66.4 Å². The van der Waals surface area contributed by atoms with Crippen molar-refractivity contribution in [1.82, 2.24) is 5.32 Å².